The largest absolute Gasteiger partial charge is 0.361 e. The van der Waals surface area contributed by atoms with Gasteiger partial charge in [-0.05, 0) is 50.2 Å². The highest BCUT2D eigenvalue weighted by molar-refractivity contribution is 6.76. The third kappa shape index (κ3) is 5.81. The van der Waals surface area contributed by atoms with Gasteiger partial charge in [-0.15, -0.1) is 0 Å². The molecule has 1 N–H and O–H groups in total. The van der Waals surface area contributed by atoms with Gasteiger partial charge in [0.2, 0.25) is 0 Å². The van der Waals surface area contributed by atoms with Crippen LogP contribution in [0.5, 0.6) is 0 Å². The average Bonchev–Trinajstić information content (AvgIpc) is 3.02. The number of nitrogens with one attached hydrogen (secondary N) is 1. The Bertz CT molecular complexity index is 747. The van der Waals surface area contributed by atoms with E-state index in [2.05, 4.69) is 29.5 Å². The van der Waals surface area contributed by atoms with Crippen LogP contribution in [-0.4, -0.2) is 37.3 Å². The van der Waals surface area contributed by atoms with E-state index in [1.165, 1.54) is 0 Å². The summed E-state index contributed by atoms with van der Waals surface area (Å²) in [6, 6.07) is 6.79. The molecule has 0 amide bonds. The maximum atomic E-state index is 6.24. The Morgan fingerprint density at radius 1 is 1.15 bits per heavy atom. The third-order valence-corrected chi connectivity index (χ3v) is 7.11. The van der Waals surface area contributed by atoms with Gasteiger partial charge in [-0.3, -0.25) is 0 Å². The molecule has 1 aliphatic rings. The zero-order valence-corrected chi connectivity index (χ0v) is 18.9. The van der Waals surface area contributed by atoms with Crippen molar-refractivity contribution >= 4 is 31.3 Å². The fourth-order valence-electron chi connectivity index (χ4n) is 3.40. The highest BCUT2D eigenvalue weighted by Crippen LogP contribution is 2.32. The molecule has 27 heavy (non-hydrogen) atoms. The van der Waals surface area contributed by atoms with Crippen LogP contribution in [0.1, 0.15) is 24.6 Å². The number of rotatable bonds is 7. The molecule has 1 aliphatic heterocycles. The van der Waals surface area contributed by atoms with Crippen LogP contribution in [0.15, 0.2) is 24.4 Å². The van der Waals surface area contributed by atoms with Crippen LogP contribution in [0.2, 0.25) is 35.7 Å². The number of nitrogens with zero attached hydrogens (tertiary/aromatic N) is 2. The van der Waals surface area contributed by atoms with Gasteiger partial charge in [-0.25, -0.2) is 4.98 Å². The molecule has 0 bridgehead atoms. The molecule has 1 aromatic heterocycles. The SMILES string of the molecule is C[Si](C)(C)CCOCn1c(-c2cc(Cl)cc(Cl)c2)cnc1C1CCNCC1. The van der Waals surface area contributed by atoms with Crippen molar-refractivity contribution in [3.63, 3.8) is 0 Å². The minimum absolute atomic E-state index is 0.454. The lowest BCUT2D eigenvalue weighted by molar-refractivity contribution is 0.0849. The topological polar surface area (TPSA) is 39.1 Å². The summed E-state index contributed by atoms with van der Waals surface area (Å²) in [6.45, 7) is 10.5. The van der Waals surface area contributed by atoms with Crippen molar-refractivity contribution in [3.8, 4) is 11.3 Å². The second-order valence-electron chi connectivity index (χ2n) is 8.46. The van der Waals surface area contributed by atoms with Gasteiger partial charge in [-0.1, -0.05) is 42.8 Å². The molecule has 3 rings (SSSR count). The Balaban J connectivity index is 1.86. The number of hydrogen-bond donors (Lipinski definition) is 1. The van der Waals surface area contributed by atoms with E-state index in [-0.39, 0.29) is 0 Å². The van der Waals surface area contributed by atoms with E-state index in [9.17, 15) is 0 Å². The molecule has 2 aromatic rings. The first kappa shape index (κ1) is 20.9. The second kappa shape index (κ2) is 9.10. The first-order valence-electron chi connectivity index (χ1n) is 9.64. The summed E-state index contributed by atoms with van der Waals surface area (Å²) in [7, 11) is -1.11. The van der Waals surface area contributed by atoms with Gasteiger partial charge >= 0.3 is 0 Å². The van der Waals surface area contributed by atoms with Crippen molar-refractivity contribution in [2.45, 2.75) is 51.2 Å². The van der Waals surface area contributed by atoms with Gasteiger partial charge in [0, 0.05) is 36.2 Å². The monoisotopic (exact) mass is 425 g/mol. The average molecular weight is 426 g/mol. The molecule has 2 heterocycles. The maximum Gasteiger partial charge on any atom is 0.124 e. The molecule has 148 valence electrons. The number of piperidine rings is 1. The highest BCUT2D eigenvalue weighted by Gasteiger charge is 2.23. The summed E-state index contributed by atoms with van der Waals surface area (Å²) in [5.74, 6) is 1.56. The number of ether oxygens (including phenoxy) is 1. The third-order valence-electron chi connectivity index (χ3n) is 4.97. The van der Waals surface area contributed by atoms with Crippen LogP contribution in [0.4, 0.5) is 0 Å². The molecule has 0 radical (unpaired) electrons. The zero-order valence-electron chi connectivity index (χ0n) is 16.4. The molecule has 4 nitrogen and oxygen atoms in total. The van der Waals surface area contributed by atoms with Gasteiger partial charge in [0.15, 0.2) is 0 Å². The molecule has 0 unspecified atom stereocenters. The molecule has 0 aliphatic carbocycles. The lowest BCUT2D eigenvalue weighted by atomic mass is 9.97. The van der Waals surface area contributed by atoms with Crippen molar-refractivity contribution in [1.29, 1.82) is 0 Å². The van der Waals surface area contributed by atoms with Crippen molar-refractivity contribution in [2.24, 2.45) is 0 Å². The predicted octanol–water partition coefficient (Wildman–Crippen LogP) is 5.64. The molecule has 1 aromatic carbocycles. The number of imidazole rings is 1. The fraction of sp³-hybridized carbons (Fsp3) is 0.550. The van der Waals surface area contributed by atoms with E-state index in [0.29, 0.717) is 22.7 Å². The Kier molecular flexibility index (Phi) is 7.03. The lowest BCUT2D eigenvalue weighted by Gasteiger charge is -2.24. The molecule has 0 saturated carbocycles. The quantitative estimate of drug-likeness (QED) is 0.460. The zero-order chi connectivity index (χ0) is 19.4. The van der Waals surface area contributed by atoms with Crippen molar-refractivity contribution in [2.75, 3.05) is 19.7 Å². The van der Waals surface area contributed by atoms with Crippen LogP contribution >= 0.6 is 23.2 Å². The summed E-state index contributed by atoms with van der Waals surface area (Å²) in [6.07, 6.45) is 4.13. The molecule has 0 atom stereocenters. The van der Waals surface area contributed by atoms with Gasteiger partial charge in [0.1, 0.15) is 12.6 Å². The standard InChI is InChI=1S/C20H29Cl2N3OSi/c1-27(2,3)9-8-26-14-25-19(16-10-17(21)12-18(22)11-16)13-24-20(25)15-4-6-23-7-5-15/h10-13,15,23H,4-9,14H2,1-3H3. The van der Waals surface area contributed by atoms with Gasteiger partial charge in [-0.2, -0.15) is 0 Å². The number of aromatic nitrogens is 2. The van der Waals surface area contributed by atoms with Crippen molar-refractivity contribution in [1.82, 2.24) is 14.9 Å². The highest BCUT2D eigenvalue weighted by atomic mass is 35.5. The summed E-state index contributed by atoms with van der Waals surface area (Å²) >= 11 is 12.5. The van der Waals surface area contributed by atoms with E-state index in [0.717, 1.165) is 55.7 Å². The summed E-state index contributed by atoms with van der Waals surface area (Å²) in [5.41, 5.74) is 2.00. The Morgan fingerprint density at radius 3 is 2.44 bits per heavy atom. The van der Waals surface area contributed by atoms with Gasteiger partial charge < -0.3 is 14.6 Å². The van der Waals surface area contributed by atoms with Crippen LogP contribution in [0.25, 0.3) is 11.3 Å². The van der Waals surface area contributed by atoms with Gasteiger partial charge in [0.05, 0.1) is 11.9 Å². The molecular weight excluding hydrogens is 397 g/mol. The first-order chi connectivity index (χ1) is 12.8. The van der Waals surface area contributed by atoms with E-state index >= 15 is 0 Å². The predicted molar refractivity (Wildman–Crippen MR) is 117 cm³/mol. The van der Waals surface area contributed by atoms with Crippen molar-refractivity contribution < 1.29 is 4.74 Å². The Hall–Kier alpha value is -0.853. The van der Waals surface area contributed by atoms with Crippen LogP contribution in [0, 0.1) is 0 Å². The number of halogens is 2. The molecule has 0 spiro atoms. The number of hydrogen-bond acceptors (Lipinski definition) is 3. The van der Waals surface area contributed by atoms with Gasteiger partial charge in [0.25, 0.3) is 0 Å². The van der Waals surface area contributed by atoms with Crippen LogP contribution in [-0.2, 0) is 11.5 Å². The minimum Gasteiger partial charge on any atom is -0.361 e. The lowest BCUT2D eigenvalue weighted by Crippen LogP contribution is -2.28. The molecular formula is C20H29Cl2N3OSi. The maximum absolute atomic E-state index is 6.24. The smallest absolute Gasteiger partial charge is 0.124 e. The normalized spacial score (nSPS) is 16.0. The van der Waals surface area contributed by atoms with Crippen molar-refractivity contribution in [3.05, 3.63) is 40.3 Å². The Labute approximate surface area is 173 Å². The summed E-state index contributed by atoms with van der Waals surface area (Å²) in [4.78, 5) is 4.78. The minimum atomic E-state index is -1.11. The molecule has 1 saturated heterocycles. The molecule has 7 heteroatoms. The fourth-order valence-corrected chi connectivity index (χ4v) is 4.68. The number of benzene rings is 1. The summed E-state index contributed by atoms with van der Waals surface area (Å²) < 4.78 is 8.29. The van der Waals surface area contributed by atoms with E-state index < -0.39 is 8.07 Å². The van der Waals surface area contributed by atoms with E-state index in [1.54, 1.807) is 6.07 Å². The summed E-state index contributed by atoms with van der Waals surface area (Å²) in [5, 5.41) is 4.69. The second-order valence-corrected chi connectivity index (χ2v) is 15.0. The Morgan fingerprint density at radius 2 is 1.81 bits per heavy atom. The van der Waals surface area contributed by atoms with Crippen LogP contribution in [0.3, 0.4) is 0 Å². The first-order valence-corrected chi connectivity index (χ1v) is 14.1. The van der Waals surface area contributed by atoms with E-state index in [1.807, 2.05) is 18.3 Å². The van der Waals surface area contributed by atoms with Crippen LogP contribution < -0.4 is 5.32 Å². The van der Waals surface area contributed by atoms with E-state index in [4.69, 9.17) is 32.9 Å². The molecule has 1 fully saturated rings.